The van der Waals surface area contributed by atoms with Gasteiger partial charge in [0.25, 0.3) is 0 Å². The van der Waals surface area contributed by atoms with E-state index < -0.39 is 0 Å². The summed E-state index contributed by atoms with van der Waals surface area (Å²) in [5.74, 6) is 0. The first-order chi connectivity index (χ1) is 5.27. The zero-order valence-electron chi connectivity index (χ0n) is 7.91. The standard InChI is InChI=1S/C7H16B2N2/c1-4-9(3)11-6-5-10(7-11)8-2/h5-7H,4,8H2,1-3H3. The van der Waals surface area contributed by atoms with Crippen molar-refractivity contribution < 1.29 is 4.48 Å². The van der Waals surface area contributed by atoms with E-state index in [0.717, 1.165) is 0 Å². The van der Waals surface area contributed by atoms with E-state index in [-0.39, 0.29) is 7.41 Å². The first-order valence-corrected chi connectivity index (χ1v) is 4.76. The lowest BCUT2D eigenvalue weighted by atomic mass is 9.62. The molecule has 0 amide bonds. The first-order valence-electron chi connectivity index (χ1n) is 4.76. The summed E-state index contributed by atoms with van der Waals surface area (Å²) < 4.78 is 4.60. The minimum atomic E-state index is 0.0774. The van der Waals surface area contributed by atoms with Crippen LogP contribution in [0.15, 0.2) is 18.7 Å². The average molecular weight is 150 g/mol. The van der Waals surface area contributed by atoms with Gasteiger partial charge in [-0.05, 0) is 13.1 Å². The Morgan fingerprint density at radius 2 is 2.36 bits per heavy atom. The molecule has 0 spiro atoms. The lowest BCUT2D eigenvalue weighted by molar-refractivity contribution is -0.527. The SMILES string of the molecule is C[BH2-][n+]1ccn(B(C)CC)c1. The number of aromatic nitrogens is 2. The predicted molar refractivity (Wildman–Crippen MR) is 51.9 cm³/mol. The number of nitrogens with zero attached hydrogens (tertiary/aromatic N) is 2. The molecule has 60 valence electrons. The van der Waals surface area contributed by atoms with E-state index in [9.17, 15) is 0 Å². The number of hydrogen-bond donors (Lipinski definition) is 0. The van der Waals surface area contributed by atoms with Gasteiger partial charge in [-0.1, -0.05) is 6.92 Å². The third-order valence-electron chi connectivity index (χ3n) is 2.41. The maximum absolute atomic E-state index is 2.31. The zero-order valence-corrected chi connectivity index (χ0v) is 7.91. The summed E-state index contributed by atoms with van der Waals surface area (Å²) in [5, 5.41) is 0. The molecule has 0 saturated heterocycles. The van der Waals surface area contributed by atoms with Crippen LogP contribution in [0.25, 0.3) is 0 Å². The Balaban J connectivity index is 2.71. The van der Waals surface area contributed by atoms with Crippen molar-refractivity contribution >= 4 is 14.3 Å². The third kappa shape index (κ3) is 1.88. The van der Waals surface area contributed by atoms with Gasteiger partial charge in [0.2, 0.25) is 0 Å². The van der Waals surface area contributed by atoms with E-state index in [2.05, 4.69) is 48.2 Å². The Bertz CT molecular complexity index is 222. The summed E-state index contributed by atoms with van der Waals surface area (Å²) in [6.45, 7) is 7.40. The number of imidazole rings is 1. The second-order valence-electron chi connectivity index (χ2n) is 3.23. The van der Waals surface area contributed by atoms with Gasteiger partial charge in [-0.15, -0.1) is 0 Å². The van der Waals surface area contributed by atoms with E-state index >= 15 is 0 Å². The highest BCUT2D eigenvalue weighted by Crippen LogP contribution is 1.93. The van der Waals surface area contributed by atoms with Crippen LogP contribution in [0.2, 0.25) is 20.0 Å². The minimum absolute atomic E-state index is 0.0774. The van der Waals surface area contributed by atoms with Gasteiger partial charge in [0, 0.05) is 0 Å². The third-order valence-corrected chi connectivity index (χ3v) is 2.41. The molecule has 1 heterocycles. The quantitative estimate of drug-likeness (QED) is 0.545. The van der Waals surface area contributed by atoms with Gasteiger partial charge in [0.05, 0.1) is 6.20 Å². The Morgan fingerprint density at radius 3 is 2.82 bits per heavy atom. The predicted octanol–water partition coefficient (Wildman–Crippen LogP) is 0.245. The highest BCUT2D eigenvalue weighted by molar-refractivity contribution is 6.55. The van der Waals surface area contributed by atoms with Crippen LogP contribution >= 0.6 is 0 Å². The monoisotopic (exact) mass is 150 g/mol. The zero-order chi connectivity index (χ0) is 8.27. The van der Waals surface area contributed by atoms with Crippen molar-refractivity contribution in [3.8, 4) is 0 Å². The van der Waals surface area contributed by atoms with Crippen molar-refractivity contribution in [1.82, 2.24) is 4.48 Å². The molecule has 1 aromatic rings. The van der Waals surface area contributed by atoms with Crippen LogP contribution < -0.4 is 4.48 Å². The van der Waals surface area contributed by atoms with Gasteiger partial charge >= 0.3 is 6.85 Å². The molecule has 2 nitrogen and oxygen atoms in total. The molecule has 0 aliphatic heterocycles. The summed E-state index contributed by atoms with van der Waals surface area (Å²) >= 11 is 0. The smallest absolute Gasteiger partial charge is 0.373 e. The van der Waals surface area contributed by atoms with Crippen LogP contribution in [-0.2, 0) is 0 Å². The molecule has 0 atom stereocenters. The summed E-state index contributed by atoms with van der Waals surface area (Å²) in [6, 6.07) is 0. The summed E-state index contributed by atoms with van der Waals surface area (Å²) in [4.78, 5) is 0. The minimum Gasteiger partial charge on any atom is -0.443 e. The van der Waals surface area contributed by atoms with E-state index in [1.54, 1.807) is 0 Å². The van der Waals surface area contributed by atoms with Crippen LogP contribution in [0.4, 0.5) is 0 Å². The molecule has 0 aliphatic rings. The Labute approximate surface area is 69.6 Å². The summed E-state index contributed by atoms with van der Waals surface area (Å²) in [5.41, 5.74) is 0. The summed E-state index contributed by atoms with van der Waals surface area (Å²) in [6.07, 6.45) is 7.76. The average Bonchev–Trinajstić information content (AvgIpc) is 2.50. The molecule has 0 aromatic carbocycles. The van der Waals surface area contributed by atoms with Crippen molar-refractivity contribution in [3.05, 3.63) is 18.7 Å². The fraction of sp³-hybridized carbons (Fsp3) is 0.571. The van der Waals surface area contributed by atoms with E-state index in [1.165, 1.54) is 6.32 Å². The highest BCUT2D eigenvalue weighted by atomic mass is 15.0. The van der Waals surface area contributed by atoms with Crippen LogP contribution in [-0.4, -0.2) is 18.7 Å². The molecule has 0 saturated carbocycles. The van der Waals surface area contributed by atoms with Crippen molar-refractivity contribution in [2.45, 2.75) is 26.9 Å². The molecule has 0 unspecified atom stereocenters. The second kappa shape index (κ2) is 3.65. The number of rotatable bonds is 3. The molecule has 0 N–H and O–H groups in total. The van der Waals surface area contributed by atoms with Crippen molar-refractivity contribution in [2.24, 2.45) is 0 Å². The van der Waals surface area contributed by atoms with Gasteiger partial charge in [0.1, 0.15) is 6.20 Å². The van der Waals surface area contributed by atoms with Crippen molar-refractivity contribution in [1.29, 1.82) is 0 Å². The Kier molecular flexibility index (Phi) is 2.80. The molecule has 1 aromatic heterocycles. The molecule has 11 heavy (non-hydrogen) atoms. The van der Waals surface area contributed by atoms with Crippen molar-refractivity contribution in [3.63, 3.8) is 0 Å². The van der Waals surface area contributed by atoms with Gasteiger partial charge in [0.15, 0.2) is 13.7 Å². The summed E-state index contributed by atoms with van der Waals surface area (Å²) in [7, 11) is 0.0774. The fourth-order valence-electron chi connectivity index (χ4n) is 1.21. The van der Waals surface area contributed by atoms with E-state index in [4.69, 9.17) is 0 Å². The van der Waals surface area contributed by atoms with Crippen LogP contribution in [0, 0.1) is 0 Å². The number of hydrogen-bond acceptors (Lipinski definition) is 0. The molecular formula is C7H16B2N2. The van der Waals surface area contributed by atoms with Gasteiger partial charge in [-0.3, -0.25) is 0 Å². The van der Waals surface area contributed by atoms with Gasteiger partial charge in [-0.2, -0.15) is 6.82 Å². The van der Waals surface area contributed by atoms with E-state index in [1.807, 2.05) is 0 Å². The largest absolute Gasteiger partial charge is 0.443 e. The molecule has 1 rings (SSSR count). The maximum Gasteiger partial charge on any atom is 0.373 e. The molecule has 0 fully saturated rings. The molecule has 4 heteroatoms. The normalized spacial score (nSPS) is 10.1. The van der Waals surface area contributed by atoms with Crippen LogP contribution in [0.1, 0.15) is 6.92 Å². The maximum atomic E-state index is 2.31. The van der Waals surface area contributed by atoms with Crippen LogP contribution in [0.5, 0.6) is 0 Å². The lowest BCUT2D eigenvalue weighted by Gasteiger charge is -1.98. The van der Waals surface area contributed by atoms with Crippen LogP contribution in [0.3, 0.4) is 0 Å². The van der Waals surface area contributed by atoms with Gasteiger partial charge < -0.3 is 8.96 Å². The lowest BCUT2D eigenvalue weighted by Crippen LogP contribution is -2.36. The molecular weight excluding hydrogens is 134 g/mol. The highest BCUT2D eigenvalue weighted by Gasteiger charge is 2.12. The van der Waals surface area contributed by atoms with E-state index in [0.29, 0.717) is 6.85 Å². The topological polar surface area (TPSA) is 8.81 Å². The van der Waals surface area contributed by atoms with Gasteiger partial charge in [-0.25, -0.2) is 0 Å². The molecule has 0 radical (unpaired) electrons. The first kappa shape index (κ1) is 8.44. The van der Waals surface area contributed by atoms with Crippen molar-refractivity contribution in [2.75, 3.05) is 0 Å². The molecule has 0 aliphatic carbocycles. The fourth-order valence-corrected chi connectivity index (χ4v) is 1.21. The molecule has 0 bridgehead atoms. The Hall–Kier alpha value is -0.660. The Morgan fingerprint density at radius 1 is 1.64 bits per heavy atom. The second-order valence-corrected chi connectivity index (χ2v) is 3.23.